The van der Waals surface area contributed by atoms with Gasteiger partial charge in [0.1, 0.15) is 4.90 Å². The lowest BCUT2D eigenvalue weighted by Crippen LogP contribution is -2.46. The molecule has 0 bridgehead atoms. The Hall–Kier alpha value is -3.60. The maximum atomic E-state index is 14.3. The van der Waals surface area contributed by atoms with Crippen LogP contribution in [0.1, 0.15) is 54.1 Å². The number of carboxylic acids is 1. The van der Waals surface area contributed by atoms with Crippen molar-refractivity contribution in [2.45, 2.75) is 49.1 Å². The number of benzene rings is 3. The monoisotopic (exact) mass is 610 g/mol. The van der Waals surface area contributed by atoms with Gasteiger partial charge in [-0.15, -0.1) is 0 Å². The number of nitrogens with one attached hydrogen (secondary N) is 2. The Kier molecular flexibility index (Phi) is 8.77. The predicted octanol–water partition coefficient (Wildman–Crippen LogP) is 5.66. The lowest BCUT2D eigenvalue weighted by atomic mass is 9.83. The lowest BCUT2D eigenvalue weighted by molar-refractivity contribution is -0.139. The molecule has 42 heavy (non-hydrogen) atoms. The van der Waals surface area contributed by atoms with Gasteiger partial charge in [0.2, 0.25) is 10.0 Å². The smallest absolute Gasteiger partial charge is 0.330 e. The highest BCUT2D eigenvalue weighted by Crippen LogP contribution is 2.43. The quantitative estimate of drug-likeness (QED) is 0.316. The molecule has 0 spiro atoms. The van der Waals surface area contributed by atoms with Gasteiger partial charge in [-0.3, -0.25) is 4.79 Å². The highest BCUT2D eigenvalue weighted by molar-refractivity contribution is 7.89. The molecular formula is C31H35ClN4O5S. The molecule has 5 rings (SSSR count). The zero-order valence-corrected chi connectivity index (χ0v) is 25.2. The van der Waals surface area contributed by atoms with Crippen molar-refractivity contribution in [2.75, 3.05) is 30.9 Å². The molecule has 3 aromatic rings. The highest BCUT2D eigenvalue weighted by atomic mass is 35.5. The van der Waals surface area contributed by atoms with Gasteiger partial charge in [-0.05, 0) is 60.7 Å². The van der Waals surface area contributed by atoms with Crippen molar-refractivity contribution in [3.05, 3.63) is 82.9 Å². The van der Waals surface area contributed by atoms with E-state index in [1.807, 2.05) is 35.2 Å². The third-order valence-electron chi connectivity index (χ3n) is 8.36. The van der Waals surface area contributed by atoms with Crippen LogP contribution in [0, 0.1) is 5.92 Å². The van der Waals surface area contributed by atoms with E-state index in [0.717, 1.165) is 37.8 Å². The van der Waals surface area contributed by atoms with Crippen LogP contribution in [-0.2, 0) is 14.8 Å². The molecule has 222 valence electrons. The molecule has 1 aliphatic carbocycles. The van der Waals surface area contributed by atoms with Crippen LogP contribution in [0.15, 0.2) is 71.6 Å². The Balaban J connectivity index is 1.62. The average molecular weight is 611 g/mol. The minimum atomic E-state index is -4.03. The van der Waals surface area contributed by atoms with Gasteiger partial charge in [0.15, 0.2) is 6.04 Å². The molecule has 0 saturated heterocycles. The first kappa shape index (κ1) is 29.9. The third kappa shape index (κ3) is 5.84. The summed E-state index contributed by atoms with van der Waals surface area (Å²) in [5, 5.41) is 15.8. The molecule has 2 atom stereocenters. The maximum absolute atomic E-state index is 14.3. The largest absolute Gasteiger partial charge is 0.479 e. The van der Waals surface area contributed by atoms with Crippen LogP contribution in [0.3, 0.4) is 0 Å². The van der Waals surface area contributed by atoms with Gasteiger partial charge in [0.05, 0.1) is 11.3 Å². The SMILES string of the molecule is CNc1cc2c(cc1C(=O)N[C@H](C(=O)O)c1cccc(Cl)c1)S(=O)(=O)N(C)[C@H](C1CCCCC1)CN2c1ccccc1. The van der Waals surface area contributed by atoms with E-state index in [4.69, 9.17) is 11.6 Å². The molecule has 1 aliphatic heterocycles. The van der Waals surface area contributed by atoms with Crippen LogP contribution in [0.5, 0.6) is 0 Å². The summed E-state index contributed by atoms with van der Waals surface area (Å²) in [7, 11) is -0.769. The number of hydrogen-bond donors (Lipinski definition) is 3. The summed E-state index contributed by atoms with van der Waals surface area (Å²) in [6.07, 6.45) is 5.20. The normalized spacial score (nSPS) is 19.8. The number of halogens is 1. The second kappa shape index (κ2) is 12.3. The van der Waals surface area contributed by atoms with Crippen molar-refractivity contribution in [1.29, 1.82) is 0 Å². The van der Waals surface area contributed by atoms with Gasteiger partial charge < -0.3 is 20.6 Å². The first-order chi connectivity index (χ1) is 20.1. The number of carbonyl (C=O) groups is 2. The fourth-order valence-electron chi connectivity index (χ4n) is 6.11. The molecule has 3 N–H and O–H groups in total. The van der Waals surface area contributed by atoms with Crippen molar-refractivity contribution in [1.82, 2.24) is 9.62 Å². The molecule has 0 aromatic heterocycles. The fraction of sp³-hybridized carbons (Fsp3) is 0.355. The second-order valence-electron chi connectivity index (χ2n) is 10.8. The van der Waals surface area contributed by atoms with E-state index in [9.17, 15) is 23.1 Å². The van der Waals surface area contributed by atoms with E-state index in [-0.39, 0.29) is 22.4 Å². The summed E-state index contributed by atoms with van der Waals surface area (Å²) in [6, 6.07) is 17.2. The zero-order valence-electron chi connectivity index (χ0n) is 23.6. The highest BCUT2D eigenvalue weighted by Gasteiger charge is 2.41. The van der Waals surface area contributed by atoms with Gasteiger partial charge in [-0.2, -0.15) is 4.31 Å². The maximum Gasteiger partial charge on any atom is 0.330 e. The Morgan fingerprint density at radius 1 is 1.00 bits per heavy atom. The van der Waals surface area contributed by atoms with E-state index in [0.29, 0.717) is 28.5 Å². The number of fused-ring (bicyclic) bond motifs is 1. The summed E-state index contributed by atoms with van der Waals surface area (Å²) in [4.78, 5) is 27.8. The molecule has 11 heteroatoms. The molecule has 3 aromatic carbocycles. The summed E-state index contributed by atoms with van der Waals surface area (Å²) < 4.78 is 30.0. The number of para-hydroxylation sites is 1. The number of hydrogen-bond acceptors (Lipinski definition) is 6. The summed E-state index contributed by atoms with van der Waals surface area (Å²) in [5.41, 5.74) is 1.98. The molecule has 0 radical (unpaired) electrons. The van der Waals surface area contributed by atoms with Crippen LogP contribution < -0.4 is 15.5 Å². The van der Waals surface area contributed by atoms with Crippen LogP contribution >= 0.6 is 11.6 Å². The number of rotatable bonds is 7. The summed E-state index contributed by atoms with van der Waals surface area (Å²) >= 11 is 6.08. The average Bonchev–Trinajstić information content (AvgIpc) is 3.07. The lowest BCUT2D eigenvalue weighted by Gasteiger charge is -2.36. The van der Waals surface area contributed by atoms with Crippen molar-refractivity contribution in [3.63, 3.8) is 0 Å². The van der Waals surface area contributed by atoms with Crippen molar-refractivity contribution in [3.8, 4) is 0 Å². The van der Waals surface area contributed by atoms with Gasteiger partial charge in [-0.1, -0.05) is 61.2 Å². The number of anilines is 3. The van der Waals surface area contributed by atoms with Crippen LogP contribution in [-0.4, -0.2) is 56.4 Å². The number of nitrogens with zero attached hydrogens (tertiary/aromatic N) is 2. The van der Waals surface area contributed by atoms with E-state index < -0.39 is 27.9 Å². The first-order valence-corrected chi connectivity index (χ1v) is 15.9. The Morgan fingerprint density at radius 3 is 2.36 bits per heavy atom. The molecule has 1 heterocycles. The Labute approximate surface area is 251 Å². The number of carbonyl (C=O) groups excluding carboxylic acids is 1. The molecular weight excluding hydrogens is 576 g/mol. The zero-order chi connectivity index (χ0) is 30.0. The van der Waals surface area contributed by atoms with Gasteiger partial charge in [0, 0.05) is 43.1 Å². The van der Waals surface area contributed by atoms with Gasteiger partial charge in [0.25, 0.3) is 5.91 Å². The Morgan fingerprint density at radius 2 is 1.71 bits per heavy atom. The van der Waals surface area contributed by atoms with Crippen molar-refractivity contribution < 1.29 is 23.1 Å². The number of carboxylic acid groups (broad SMARTS) is 1. The standard InChI is InChI=1S/C31H35ClN4O5S/c1-33-25-18-26-28(17-24(25)30(37)34-29(31(38)39)21-12-9-13-22(32)16-21)42(40,41)35(2)27(20-10-5-3-6-11-20)19-36(26)23-14-7-4-8-15-23/h4,7-9,12-18,20,27,29,33H,3,5-6,10-11,19H2,1-2H3,(H,34,37)(H,38,39)/t27-,29-/m0/s1. The van der Waals surface area contributed by atoms with E-state index in [1.165, 1.54) is 16.4 Å². The fourth-order valence-corrected chi connectivity index (χ4v) is 7.92. The number of sulfonamides is 1. The van der Waals surface area contributed by atoms with E-state index >= 15 is 0 Å². The number of likely N-dealkylation sites (N-methyl/N-ethyl adjacent to an activating group) is 1. The van der Waals surface area contributed by atoms with Crippen molar-refractivity contribution in [2.24, 2.45) is 5.92 Å². The molecule has 9 nitrogen and oxygen atoms in total. The molecule has 0 unspecified atom stereocenters. The topological polar surface area (TPSA) is 119 Å². The summed E-state index contributed by atoms with van der Waals surface area (Å²) in [6.45, 7) is 0.460. The van der Waals surface area contributed by atoms with E-state index in [1.54, 1.807) is 38.4 Å². The predicted molar refractivity (Wildman–Crippen MR) is 164 cm³/mol. The number of aliphatic carboxylic acids is 1. The summed E-state index contributed by atoms with van der Waals surface area (Å²) in [5.74, 6) is -1.80. The van der Waals surface area contributed by atoms with Gasteiger partial charge in [-0.25, -0.2) is 13.2 Å². The van der Waals surface area contributed by atoms with Crippen LogP contribution in [0.2, 0.25) is 5.02 Å². The number of amides is 1. The third-order valence-corrected chi connectivity index (χ3v) is 10.5. The molecule has 1 fully saturated rings. The molecule has 1 saturated carbocycles. The molecule has 1 amide bonds. The van der Waals surface area contributed by atoms with E-state index in [2.05, 4.69) is 10.6 Å². The first-order valence-electron chi connectivity index (χ1n) is 14.1. The van der Waals surface area contributed by atoms with Crippen LogP contribution in [0.4, 0.5) is 17.1 Å². The van der Waals surface area contributed by atoms with Gasteiger partial charge >= 0.3 is 5.97 Å². The minimum absolute atomic E-state index is 0.00839. The molecule has 2 aliphatic rings. The minimum Gasteiger partial charge on any atom is -0.479 e. The Bertz CT molecular complexity index is 1580. The second-order valence-corrected chi connectivity index (χ2v) is 13.3. The van der Waals surface area contributed by atoms with Crippen molar-refractivity contribution >= 4 is 50.6 Å². The van der Waals surface area contributed by atoms with Crippen LogP contribution in [0.25, 0.3) is 0 Å².